The number of fused-ring (bicyclic) bond motifs is 1. The first-order valence-electron chi connectivity index (χ1n) is 4.99. The largest absolute Gasteiger partial charge is 0.489 e. The molecule has 0 amide bonds. The first-order chi connectivity index (χ1) is 8.31. The maximum atomic E-state index is 11.1. The van der Waals surface area contributed by atoms with Crippen molar-refractivity contribution in [3.05, 3.63) is 50.3 Å². The lowest BCUT2D eigenvalue weighted by atomic mass is 10.3. The lowest BCUT2D eigenvalue weighted by Crippen LogP contribution is -1.92. The van der Waals surface area contributed by atoms with Crippen molar-refractivity contribution in [2.24, 2.45) is 0 Å². The Bertz CT molecular complexity index is 679. The van der Waals surface area contributed by atoms with Gasteiger partial charge in [0.15, 0.2) is 5.58 Å². The average molecular weight is 264 g/mol. The summed E-state index contributed by atoms with van der Waals surface area (Å²) in [6, 6.07) is 7.46. The van der Waals surface area contributed by atoms with Crippen LogP contribution in [0.4, 0.5) is 0 Å². The highest BCUT2D eigenvalue weighted by Gasteiger charge is 2.04. The molecular formula is C12H8O3S2. The number of thiophene rings is 1. The van der Waals surface area contributed by atoms with Gasteiger partial charge in [-0.3, -0.25) is 0 Å². The average Bonchev–Trinajstić information content (AvgIpc) is 2.92. The van der Waals surface area contributed by atoms with Gasteiger partial charge in [-0.2, -0.15) is 11.3 Å². The van der Waals surface area contributed by atoms with E-state index < -0.39 is 0 Å². The van der Waals surface area contributed by atoms with Crippen LogP contribution in [0.1, 0.15) is 5.56 Å². The van der Waals surface area contributed by atoms with E-state index >= 15 is 0 Å². The Morgan fingerprint density at radius 1 is 1.29 bits per heavy atom. The van der Waals surface area contributed by atoms with Gasteiger partial charge in [0.05, 0.1) is 4.70 Å². The molecule has 0 N–H and O–H groups in total. The molecule has 3 rings (SSSR count). The van der Waals surface area contributed by atoms with Crippen LogP contribution in [-0.4, -0.2) is 0 Å². The number of rotatable bonds is 3. The summed E-state index contributed by atoms with van der Waals surface area (Å²) in [5, 5.41) is 4.06. The van der Waals surface area contributed by atoms with Crippen LogP contribution >= 0.6 is 22.7 Å². The molecule has 1 aromatic carbocycles. The fraction of sp³-hybridized carbons (Fsp3) is 0.0833. The fourth-order valence-corrected chi connectivity index (χ4v) is 2.79. The quantitative estimate of drug-likeness (QED) is 0.727. The van der Waals surface area contributed by atoms with Crippen LogP contribution in [0.25, 0.3) is 10.3 Å². The minimum absolute atomic E-state index is 0.282. The van der Waals surface area contributed by atoms with Crippen molar-refractivity contribution in [3.63, 3.8) is 0 Å². The monoisotopic (exact) mass is 264 g/mol. The van der Waals surface area contributed by atoms with Crippen molar-refractivity contribution in [2.75, 3.05) is 0 Å². The van der Waals surface area contributed by atoms with Crippen molar-refractivity contribution in [1.82, 2.24) is 0 Å². The van der Waals surface area contributed by atoms with Crippen molar-refractivity contribution < 1.29 is 9.15 Å². The molecule has 0 unspecified atom stereocenters. The summed E-state index contributed by atoms with van der Waals surface area (Å²) in [5.41, 5.74) is 1.73. The summed E-state index contributed by atoms with van der Waals surface area (Å²) < 4.78 is 11.5. The second-order valence-corrected chi connectivity index (χ2v) is 5.24. The Hall–Kier alpha value is -1.59. The maximum Gasteiger partial charge on any atom is 0.396 e. The van der Waals surface area contributed by atoms with Crippen LogP contribution in [-0.2, 0) is 6.61 Å². The number of hydrogen-bond acceptors (Lipinski definition) is 5. The molecule has 0 aliphatic heterocycles. The third kappa shape index (κ3) is 2.25. The van der Waals surface area contributed by atoms with Crippen molar-refractivity contribution in [3.8, 4) is 5.75 Å². The van der Waals surface area contributed by atoms with E-state index in [-0.39, 0.29) is 4.94 Å². The van der Waals surface area contributed by atoms with Crippen LogP contribution in [0.2, 0.25) is 0 Å². The van der Waals surface area contributed by atoms with E-state index in [2.05, 4.69) is 0 Å². The van der Waals surface area contributed by atoms with E-state index in [4.69, 9.17) is 9.15 Å². The molecule has 0 bridgehead atoms. The molecule has 0 aliphatic carbocycles. The summed E-state index contributed by atoms with van der Waals surface area (Å²) in [7, 11) is 0. The minimum atomic E-state index is -0.282. The number of ether oxygens (including phenoxy) is 1. The maximum absolute atomic E-state index is 11.1. The zero-order valence-corrected chi connectivity index (χ0v) is 10.3. The predicted molar refractivity (Wildman–Crippen MR) is 69.0 cm³/mol. The zero-order chi connectivity index (χ0) is 11.7. The number of hydrogen-bond donors (Lipinski definition) is 0. The fourth-order valence-electron chi connectivity index (χ4n) is 1.48. The Balaban J connectivity index is 1.83. The first kappa shape index (κ1) is 10.6. The van der Waals surface area contributed by atoms with Gasteiger partial charge < -0.3 is 9.15 Å². The summed E-state index contributed by atoms with van der Waals surface area (Å²) in [5.74, 6) is 0.713. The molecule has 3 nitrogen and oxygen atoms in total. The molecule has 0 radical (unpaired) electrons. The molecule has 0 atom stereocenters. The van der Waals surface area contributed by atoms with Gasteiger partial charge in [-0.05, 0) is 34.5 Å². The smallest absolute Gasteiger partial charge is 0.396 e. The summed E-state index contributed by atoms with van der Waals surface area (Å²) in [6.45, 7) is 0.531. The highest BCUT2D eigenvalue weighted by Crippen LogP contribution is 2.23. The van der Waals surface area contributed by atoms with E-state index in [0.717, 1.165) is 21.6 Å². The van der Waals surface area contributed by atoms with Gasteiger partial charge in [-0.1, -0.05) is 11.3 Å². The van der Waals surface area contributed by atoms with Crippen molar-refractivity contribution >= 4 is 33.0 Å². The predicted octanol–water partition coefficient (Wildman–Crippen LogP) is 3.50. The van der Waals surface area contributed by atoms with Gasteiger partial charge >= 0.3 is 4.94 Å². The third-order valence-electron chi connectivity index (χ3n) is 2.29. The second kappa shape index (κ2) is 4.35. The highest BCUT2D eigenvalue weighted by atomic mass is 32.1. The van der Waals surface area contributed by atoms with Gasteiger partial charge in [-0.15, -0.1) is 0 Å². The van der Waals surface area contributed by atoms with E-state index in [1.807, 2.05) is 29.0 Å². The second-order valence-electron chi connectivity index (χ2n) is 3.48. The van der Waals surface area contributed by atoms with E-state index in [1.165, 1.54) is 0 Å². The SMILES string of the molecule is O=c1oc2cc(OCc3ccsc3)ccc2s1. The lowest BCUT2D eigenvalue weighted by molar-refractivity contribution is 0.306. The highest BCUT2D eigenvalue weighted by molar-refractivity contribution is 7.16. The topological polar surface area (TPSA) is 39.4 Å². The Morgan fingerprint density at radius 3 is 3.06 bits per heavy atom. The zero-order valence-electron chi connectivity index (χ0n) is 8.71. The molecule has 0 saturated heterocycles. The normalized spacial score (nSPS) is 10.8. The van der Waals surface area contributed by atoms with Crippen LogP contribution in [0.15, 0.2) is 44.2 Å². The molecule has 0 spiro atoms. The molecule has 0 saturated carbocycles. The molecule has 17 heavy (non-hydrogen) atoms. The van der Waals surface area contributed by atoms with E-state index in [9.17, 15) is 4.79 Å². The van der Waals surface area contributed by atoms with Gasteiger partial charge in [0.2, 0.25) is 0 Å². The van der Waals surface area contributed by atoms with Crippen molar-refractivity contribution in [1.29, 1.82) is 0 Å². The third-order valence-corrected chi connectivity index (χ3v) is 3.83. The van der Waals surface area contributed by atoms with Crippen molar-refractivity contribution in [2.45, 2.75) is 6.61 Å². The molecule has 0 fully saturated rings. The molecule has 2 heterocycles. The Kier molecular flexibility index (Phi) is 2.70. The lowest BCUT2D eigenvalue weighted by Gasteiger charge is -2.03. The molecule has 2 aromatic heterocycles. The van der Waals surface area contributed by atoms with Crippen LogP contribution < -0.4 is 9.68 Å². The van der Waals surface area contributed by atoms with Gasteiger partial charge in [0, 0.05) is 6.07 Å². The van der Waals surface area contributed by atoms with Crippen LogP contribution in [0, 0.1) is 0 Å². The molecule has 5 heteroatoms. The van der Waals surface area contributed by atoms with Gasteiger partial charge in [-0.25, -0.2) is 4.79 Å². The Morgan fingerprint density at radius 2 is 2.24 bits per heavy atom. The first-order valence-corrected chi connectivity index (χ1v) is 6.75. The molecule has 3 aromatic rings. The van der Waals surface area contributed by atoms with Crippen LogP contribution in [0.5, 0.6) is 5.75 Å². The summed E-state index contributed by atoms with van der Waals surface area (Å²) >= 11 is 2.74. The summed E-state index contributed by atoms with van der Waals surface area (Å²) in [4.78, 5) is 10.8. The standard InChI is InChI=1S/C12H8O3S2/c13-12-15-10-5-9(1-2-11(10)17-12)14-6-8-3-4-16-7-8/h1-5,7H,6H2. The van der Waals surface area contributed by atoms with Gasteiger partial charge in [0.25, 0.3) is 0 Å². The molecular weight excluding hydrogens is 256 g/mol. The summed E-state index contributed by atoms with van der Waals surface area (Å²) in [6.07, 6.45) is 0. The van der Waals surface area contributed by atoms with E-state index in [1.54, 1.807) is 17.4 Å². The minimum Gasteiger partial charge on any atom is -0.489 e. The van der Waals surface area contributed by atoms with Crippen LogP contribution in [0.3, 0.4) is 0 Å². The molecule has 86 valence electrons. The van der Waals surface area contributed by atoms with E-state index in [0.29, 0.717) is 17.9 Å². The molecule has 0 aliphatic rings. The van der Waals surface area contributed by atoms with Gasteiger partial charge in [0.1, 0.15) is 12.4 Å². The Labute approximate surface area is 105 Å². The number of benzene rings is 1.